The van der Waals surface area contributed by atoms with E-state index < -0.39 is 22.4 Å². The maximum Gasteiger partial charge on any atom is 0.338 e. The van der Waals surface area contributed by atoms with Gasteiger partial charge in [-0.1, -0.05) is 19.1 Å². The van der Waals surface area contributed by atoms with Crippen LogP contribution in [0.5, 0.6) is 0 Å². The molecular weight excluding hydrogens is 308 g/mol. The summed E-state index contributed by atoms with van der Waals surface area (Å²) in [6.45, 7) is 6.55. The standard InChI is InChI=1S/C16H19ClO5/c1-15(2)21-9-16(3,10-22-15)8-20-14(19)12-7-5-4-6-11(12)13(17)18/h4-7H,8-10H2,1-3H3. The Balaban J connectivity index is 2.00. The molecule has 1 aliphatic rings. The van der Waals surface area contributed by atoms with E-state index >= 15 is 0 Å². The summed E-state index contributed by atoms with van der Waals surface area (Å²) in [5.74, 6) is -1.21. The largest absolute Gasteiger partial charge is 0.461 e. The Hall–Kier alpha value is -1.43. The third kappa shape index (κ3) is 4.06. The zero-order valence-corrected chi connectivity index (χ0v) is 13.6. The van der Waals surface area contributed by atoms with Crippen LogP contribution < -0.4 is 0 Å². The molecule has 0 N–H and O–H groups in total. The second kappa shape index (κ2) is 6.36. The first kappa shape index (κ1) is 16.9. The van der Waals surface area contributed by atoms with Gasteiger partial charge in [-0.2, -0.15) is 0 Å². The van der Waals surface area contributed by atoms with Gasteiger partial charge in [0.05, 0.1) is 18.8 Å². The highest BCUT2D eigenvalue weighted by atomic mass is 35.5. The maximum atomic E-state index is 12.2. The molecule has 0 aromatic heterocycles. The van der Waals surface area contributed by atoms with Gasteiger partial charge in [-0.25, -0.2) is 4.79 Å². The molecule has 120 valence electrons. The van der Waals surface area contributed by atoms with Crippen LogP contribution in [0.15, 0.2) is 24.3 Å². The summed E-state index contributed by atoms with van der Waals surface area (Å²) in [6, 6.07) is 6.29. The minimum Gasteiger partial charge on any atom is -0.461 e. The molecule has 1 aliphatic heterocycles. The normalized spacial score (nSPS) is 19.5. The Bertz CT molecular complexity index is 572. The molecule has 6 heteroatoms. The van der Waals surface area contributed by atoms with Gasteiger partial charge in [-0.05, 0) is 37.6 Å². The Labute approximate surface area is 134 Å². The molecule has 0 atom stereocenters. The highest BCUT2D eigenvalue weighted by molar-refractivity contribution is 6.68. The molecule has 0 aliphatic carbocycles. The van der Waals surface area contributed by atoms with Gasteiger partial charge in [0.25, 0.3) is 5.24 Å². The molecule has 0 unspecified atom stereocenters. The molecule has 2 rings (SSSR count). The minimum atomic E-state index is -0.690. The number of carbonyl (C=O) groups is 2. The molecule has 0 saturated carbocycles. The van der Waals surface area contributed by atoms with E-state index in [4.69, 9.17) is 25.8 Å². The van der Waals surface area contributed by atoms with Gasteiger partial charge in [0.2, 0.25) is 0 Å². The summed E-state index contributed by atoms with van der Waals surface area (Å²) in [5, 5.41) is -0.690. The third-order valence-electron chi connectivity index (χ3n) is 3.45. The van der Waals surface area contributed by atoms with Crippen LogP contribution in [-0.4, -0.2) is 36.8 Å². The van der Waals surface area contributed by atoms with Gasteiger partial charge in [0.1, 0.15) is 6.61 Å². The van der Waals surface area contributed by atoms with Gasteiger partial charge in [-0.15, -0.1) is 0 Å². The SMILES string of the molecule is CC1(COC(=O)c2ccccc2C(=O)Cl)COC(C)(C)OC1. The number of hydrogen-bond donors (Lipinski definition) is 0. The van der Waals surface area contributed by atoms with Crippen LogP contribution in [0, 0.1) is 5.41 Å². The van der Waals surface area contributed by atoms with Crippen molar-refractivity contribution in [3.8, 4) is 0 Å². The van der Waals surface area contributed by atoms with Crippen molar-refractivity contribution < 1.29 is 23.8 Å². The van der Waals surface area contributed by atoms with Crippen LogP contribution in [0.2, 0.25) is 0 Å². The number of hydrogen-bond acceptors (Lipinski definition) is 5. The average molecular weight is 327 g/mol. The number of esters is 1. The van der Waals surface area contributed by atoms with Crippen LogP contribution in [0.1, 0.15) is 41.5 Å². The smallest absolute Gasteiger partial charge is 0.338 e. The summed E-state index contributed by atoms with van der Waals surface area (Å²) >= 11 is 5.47. The molecule has 1 aromatic carbocycles. The lowest BCUT2D eigenvalue weighted by Gasteiger charge is -2.40. The van der Waals surface area contributed by atoms with Crippen molar-refractivity contribution in [1.82, 2.24) is 0 Å². The molecule has 22 heavy (non-hydrogen) atoms. The van der Waals surface area contributed by atoms with Crippen LogP contribution in [0.25, 0.3) is 0 Å². The van der Waals surface area contributed by atoms with Crippen LogP contribution in [-0.2, 0) is 14.2 Å². The summed E-state index contributed by atoms with van der Waals surface area (Å²) in [6.07, 6.45) is 0. The minimum absolute atomic E-state index is 0.132. The average Bonchev–Trinajstić information content (AvgIpc) is 2.48. The Morgan fingerprint density at radius 2 is 1.68 bits per heavy atom. The van der Waals surface area contributed by atoms with E-state index in [1.165, 1.54) is 12.1 Å². The number of halogens is 1. The molecule has 0 bridgehead atoms. The first-order chi connectivity index (χ1) is 10.2. The summed E-state index contributed by atoms with van der Waals surface area (Å²) in [5.41, 5.74) is -0.133. The zero-order valence-electron chi connectivity index (χ0n) is 12.8. The van der Waals surface area contributed by atoms with Crippen LogP contribution in [0.3, 0.4) is 0 Å². The molecule has 0 radical (unpaired) electrons. The second-order valence-electron chi connectivity index (χ2n) is 6.18. The summed E-state index contributed by atoms with van der Waals surface area (Å²) in [4.78, 5) is 23.5. The highest BCUT2D eigenvalue weighted by Gasteiger charge is 2.37. The number of carbonyl (C=O) groups excluding carboxylic acids is 2. The van der Waals surface area contributed by atoms with Gasteiger partial charge < -0.3 is 14.2 Å². The van der Waals surface area contributed by atoms with Crippen LogP contribution >= 0.6 is 11.6 Å². The quantitative estimate of drug-likeness (QED) is 0.628. The van der Waals surface area contributed by atoms with Crippen molar-refractivity contribution in [2.45, 2.75) is 26.6 Å². The Kier molecular flexibility index (Phi) is 4.90. The van der Waals surface area contributed by atoms with Crippen molar-refractivity contribution in [1.29, 1.82) is 0 Å². The lowest BCUT2D eigenvalue weighted by Crippen LogP contribution is -2.47. The first-order valence-corrected chi connectivity index (χ1v) is 7.34. The van der Waals surface area contributed by atoms with Crippen molar-refractivity contribution >= 4 is 22.8 Å². The van der Waals surface area contributed by atoms with E-state index in [1.807, 2.05) is 20.8 Å². The van der Waals surface area contributed by atoms with E-state index in [2.05, 4.69) is 0 Å². The van der Waals surface area contributed by atoms with E-state index in [-0.39, 0.29) is 17.7 Å². The molecule has 1 saturated heterocycles. The predicted molar refractivity (Wildman–Crippen MR) is 81.0 cm³/mol. The molecule has 1 heterocycles. The Morgan fingerprint density at radius 1 is 1.14 bits per heavy atom. The fraction of sp³-hybridized carbons (Fsp3) is 0.500. The van der Waals surface area contributed by atoms with Gasteiger partial charge >= 0.3 is 5.97 Å². The van der Waals surface area contributed by atoms with Crippen molar-refractivity contribution in [2.75, 3.05) is 19.8 Å². The predicted octanol–water partition coefficient (Wildman–Crippen LogP) is 3.01. The van der Waals surface area contributed by atoms with Crippen molar-refractivity contribution in [2.24, 2.45) is 5.41 Å². The lowest BCUT2D eigenvalue weighted by molar-refractivity contribution is -0.286. The number of ether oxygens (including phenoxy) is 3. The van der Waals surface area contributed by atoms with Gasteiger partial charge in [0, 0.05) is 11.0 Å². The van der Waals surface area contributed by atoms with Crippen molar-refractivity contribution in [3.63, 3.8) is 0 Å². The van der Waals surface area contributed by atoms with E-state index in [0.717, 1.165) is 0 Å². The maximum absolute atomic E-state index is 12.2. The molecule has 0 spiro atoms. The van der Waals surface area contributed by atoms with Crippen molar-refractivity contribution in [3.05, 3.63) is 35.4 Å². The summed E-state index contributed by atoms with van der Waals surface area (Å²) < 4.78 is 16.5. The van der Waals surface area contributed by atoms with Gasteiger partial charge in [-0.3, -0.25) is 4.79 Å². The molecular formula is C16H19ClO5. The third-order valence-corrected chi connectivity index (χ3v) is 3.65. The van der Waals surface area contributed by atoms with Crippen LogP contribution in [0.4, 0.5) is 0 Å². The fourth-order valence-electron chi connectivity index (χ4n) is 2.01. The lowest BCUT2D eigenvalue weighted by atomic mass is 9.93. The van der Waals surface area contributed by atoms with Gasteiger partial charge in [0.15, 0.2) is 5.79 Å². The summed E-state index contributed by atoms with van der Waals surface area (Å²) in [7, 11) is 0. The van der Waals surface area contributed by atoms with E-state index in [0.29, 0.717) is 13.2 Å². The van der Waals surface area contributed by atoms with E-state index in [9.17, 15) is 9.59 Å². The fourth-order valence-corrected chi connectivity index (χ4v) is 2.18. The Morgan fingerprint density at radius 3 is 2.23 bits per heavy atom. The molecule has 1 aromatic rings. The zero-order chi connectivity index (χ0) is 16.4. The molecule has 5 nitrogen and oxygen atoms in total. The monoisotopic (exact) mass is 326 g/mol. The molecule has 1 fully saturated rings. The first-order valence-electron chi connectivity index (χ1n) is 6.96. The topological polar surface area (TPSA) is 61.8 Å². The number of rotatable bonds is 4. The van der Waals surface area contributed by atoms with E-state index in [1.54, 1.807) is 12.1 Å². The second-order valence-corrected chi connectivity index (χ2v) is 6.53. The molecule has 0 amide bonds. The number of benzene rings is 1. The highest BCUT2D eigenvalue weighted by Crippen LogP contribution is 2.29.